The minimum atomic E-state index is -5.07. The fourth-order valence-electron chi connectivity index (χ4n) is 9.68. The van der Waals surface area contributed by atoms with Crippen LogP contribution in [-0.2, 0) is 29.4 Å². The van der Waals surface area contributed by atoms with E-state index >= 15 is 0 Å². The van der Waals surface area contributed by atoms with Crippen molar-refractivity contribution < 1.29 is 81.7 Å². The summed E-state index contributed by atoms with van der Waals surface area (Å²) in [5, 5.41) is 19.8. The average Bonchev–Trinajstić information content (AvgIpc) is 3.33. The van der Waals surface area contributed by atoms with Crippen molar-refractivity contribution in [1.29, 1.82) is 0 Å². The lowest BCUT2D eigenvalue weighted by Crippen LogP contribution is -2.45. The predicted octanol–water partition coefficient (Wildman–Crippen LogP) is 14.9. The first-order valence-corrected chi connectivity index (χ1v) is 24.7. The molecule has 6 rings (SSSR count). The van der Waals surface area contributed by atoms with Gasteiger partial charge in [0.25, 0.3) is 0 Å². The van der Waals surface area contributed by atoms with Gasteiger partial charge in [0.1, 0.15) is 0 Å². The Labute approximate surface area is 438 Å². The number of carbonyl (C=O) groups excluding carboxylic acids is 3. The molecule has 0 saturated heterocycles. The Morgan fingerprint density at radius 3 is 0.987 bits per heavy atom. The van der Waals surface area contributed by atoms with E-state index in [9.17, 15) is 71.9 Å². The second kappa shape index (κ2) is 24.0. The van der Waals surface area contributed by atoms with E-state index in [1.807, 2.05) is 0 Å². The standard InChI is InChI=1S/C28H32F6N2O3.C27H30F6N2O3/c1-26(2,3)19-9-11-22(12-10-19)35-25(38)36-23(16-5-7-17(8-6-16)24(37)39-4)18-13-20(27(29,30)31)15-21(14-18)28(32,33)34;1-25(2,3)18-8-10-21(11-9-18)34-24(38)35-22(15-4-6-16(7-5-15)23(36)37)17-12-19(26(28,29)30)14-20(13-17)27(31,32)33/h5-8,13-15,19,22-23H,9-12H2,1-4H3,(H2,35,36,38);4-7,12-14,18,21-22H,8-11H2,1-3H3,(H,36,37)(H2,34,35,38). The van der Waals surface area contributed by atoms with Gasteiger partial charge in [0.15, 0.2) is 0 Å². The first-order chi connectivity index (χ1) is 35.4. The molecule has 0 aromatic heterocycles. The summed E-state index contributed by atoms with van der Waals surface area (Å²) in [6, 6.07) is 7.86. The minimum Gasteiger partial charge on any atom is -0.478 e. The molecule has 2 saturated carbocycles. The fraction of sp³-hybridized carbons (Fsp3) is 0.491. The smallest absolute Gasteiger partial charge is 0.416 e. The normalized spacial score (nSPS) is 19.4. The molecule has 77 heavy (non-hydrogen) atoms. The number of aromatic carboxylic acids is 1. The lowest BCUT2D eigenvalue weighted by molar-refractivity contribution is -0.144. The van der Waals surface area contributed by atoms with Crippen LogP contribution in [-0.4, -0.2) is 48.3 Å². The van der Waals surface area contributed by atoms with Gasteiger partial charge < -0.3 is 31.1 Å². The summed E-state index contributed by atoms with van der Waals surface area (Å²) >= 11 is 0. The SMILES string of the molecule is CC(C)(C)C1CCC(NC(=O)NC(c2ccc(C(=O)O)cc2)c2cc(C(F)(F)F)cc(C(F)(F)F)c2)CC1.COC(=O)c1ccc(C(NC(=O)NC2CCC(C(C)(C)C)CC2)c2cc(C(F)(F)F)cc(C(F)(F)F)c2)cc1. The Morgan fingerprint density at radius 2 is 0.740 bits per heavy atom. The highest BCUT2D eigenvalue weighted by atomic mass is 19.4. The summed E-state index contributed by atoms with van der Waals surface area (Å²) in [5.41, 5.74) is -6.35. The maximum atomic E-state index is 13.6. The van der Waals surface area contributed by atoms with Gasteiger partial charge in [-0.3, -0.25) is 0 Å². The molecule has 4 aromatic rings. The van der Waals surface area contributed by atoms with E-state index in [-0.39, 0.29) is 57.3 Å². The Morgan fingerprint density at radius 1 is 0.455 bits per heavy atom. The van der Waals surface area contributed by atoms with Gasteiger partial charge in [0, 0.05) is 12.1 Å². The summed E-state index contributed by atoms with van der Waals surface area (Å²) in [5.74, 6) is -0.989. The second-order valence-electron chi connectivity index (χ2n) is 21.6. The summed E-state index contributed by atoms with van der Waals surface area (Å²) in [4.78, 5) is 48.9. The van der Waals surface area contributed by atoms with E-state index in [1.165, 1.54) is 43.5 Å². The molecule has 2 unspecified atom stereocenters. The van der Waals surface area contributed by atoms with Crippen molar-refractivity contribution >= 4 is 24.0 Å². The lowest BCUT2D eigenvalue weighted by Gasteiger charge is -2.37. The molecule has 422 valence electrons. The zero-order chi connectivity index (χ0) is 57.6. The number of ether oxygens (including phenoxy) is 1. The number of hydrogen-bond donors (Lipinski definition) is 5. The molecule has 2 fully saturated rings. The van der Waals surface area contributed by atoms with Gasteiger partial charge in [-0.15, -0.1) is 0 Å². The number of alkyl halides is 12. The van der Waals surface area contributed by atoms with E-state index in [4.69, 9.17) is 5.11 Å². The minimum absolute atomic E-state index is 0.0157. The van der Waals surface area contributed by atoms with Gasteiger partial charge in [0.2, 0.25) is 0 Å². The number of hydrogen-bond acceptors (Lipinski definition) is 5. The molecule has 4 amide bonds. The van der Waals surface area contributed by atoms with E-state index in [2.05, 4.69) is 67.5 Å². The molecule has 0 radical (unpaired) electrons. The fourth-order valence-corrected chi connectivity index (χ4v) is 9.68. The van der Waals surface area contributed by atoms with Crippen LogP contribution < -0.4 is 21.3 Å². The highest BCUT2D eigenvalue weighted by Crippen LogP contribution is 2.42. The first-order valence-electron chi connectivity index (χ1n) is 24.7. The first kappa shape index (κ1) is 61.4. The highest BCUT2D eigenvalue weighted by Gasteiger charge is 2.40. The zero-order valence-corrected chi connectivity index (χ0v) is 43.2. The van der Waals surface area contributed by atoms with Crippen molar-refractivity contribution in [1.82, 2.24) is 21.3 Å². The predicted molar refractivity (Wildman–Crippen MR) is 261 cm³/mol. The molecule has 2 aliphatic rings. The third-order valence-corrected chi connectivity index (χ3v) is 14.2. The zero-order valence-electron chi connectivity index (χ0n) is 43.2. The summed E-state index contributed by atoms with van der Waals surface area (Å²) < 4.78 is 167. The van der Waals surface area contributed by atoms with Crippen LogP contribution >= 0.6 is 0 Å². The van der Waals surface area contributed by atoms with Crippen molar-refractivity contribution in [2.24, 2.45) is 22.7 Å². The van der Waals surface area contributed by atoms with Crippen LogP contribution in [0.3, 0.4) is 0 Å². The van der Waals surface area contributed by atoms with E-state index < -0.39 is 94.2 Å². The molecule has 22 heteroatoms. The number of rotatable bonds is 10. The van der Waals surface area contributed by atoms with Crippen molar-refractivity contribution in [3.63, 3.8) is 0 Å². The molecule has 2 aliphatic carbocycles. The van der Waals surface area contributed by atoms with Crippen molar-refractivity contribution in [2.45, 2.75) is 142 Å². The molecular weight excluding hydrogens is 1040 g/mol. The molecule has 10 nitrogen and oxygen atoms in total. The molecule has 0 heterocycles. The van der Waals surface area contributed by atoms with Gasteiger partial charge in [-0.25, -0.2) is 19.2 Å². The van der Waals surface area contributed by atoms with Gasteiger partial charge in [0.05, 0.1) is 52.6 Å². The van der Waals surface area contributed by atoms with Crippen molar-refractivity contribution in [3.05, 3.63) is 141 Å². The number of urea groups is 2. The molecule has 2 atom stereocenters. The topological polar surface area (TPSA) is 146 Å². The number of benzene rings is 4. The third-order valence-electron chi connectivity index (χ3n) is 14.2. The Balaban J connectivity index is 0.000000284. The lowest BCUT2D eigenvalue weighted by atomic mass is 9.71. The molecule has 4 aromatic carbocycles. The van der Waals surface area contributed by atoms with Crippen LogP contribution in [0.15, 0.2) is 84.9 Å². The van der Waals surface area contributed by atoms with E-state index in [0.29, 0.717) is 61.8 Å². The Hall–Kier alpha value is -6.48. The molecule has 5 N–H and O–H groups in total. The number of halogens is 12. The average molecular weight is 1100 g/mol. The number of esters is 1. The van der Waals surface area contributed by atoms with Gasteiger partial charge in [-0.2, -0.15) is 52.7 Å². The summed E-state index contributed by atoms with van der Waals surface area (Å²) in [7, 11) is 1.17. The summed E-state index contributed by atoms with van der Waals surface area (Å²) in [6.45, 7) is 12.9. The van der Waals surface area contributed by atoms with Crippen molar-refractivity contribution in [3.8, 4) is 0 Å². The molecular formula is C55H62F12N4O6. The second-order valence-corrected chi connectivity index (χ2v) is 21.6. The Kier molecular flexibility index (Phi) is 19.2. The Bertz CT molecular complexity index is 2610. The van der Waals surface area contributed by atoms with Crippen LogP contribution in [0, 0.1) is 22.7 Å². The van der Waals surface area contributed by atoms with E-state index in [0.717, 1.165) is 37.8 Å². The number of methoxy groups -OCH3 is 1. The van der Waals surface area contributed by atoms with Crippen LogP contribution in [0.25, 0.3) is 0 Å². The monoisotopic (exact) mass is 1100 g/mol. The number of amides is 4. The van der Waals surface area contributed by atoms with E-state index in [1.54, 1.807) is 0 Å². The van der Waals surface area contributed by atoms with Gasteiger partial charge in [-0.05, 0) is 157 Å². The summed E-state index contributed by atoms with van der Waals surface area (Å²) in [6.07, 6.45) is -13.9. The van der Waals surface area contributed by atoms with Crippen LogP contribution in [0.2, 0.25) is 0 Å². The largest absolute Gasteiger partial charge is 0.478 e. The van der Waals surface area contributed by atoms with Crippen molar-refractivity contribution in [2.75, 3.05) is 7.11 Å². The van der Waals surface area contributed by atoms with Crippen LogP contribution in [0.1, 0.15) is 170 Å². The number of carboxylic acids is 1. The maximum Gasteiger partial charge on any atom is 0.416 e. The molecule has 0 aliphatic heterocycles. The number of carboxylic acid groups (broad SMARTS) is 1. The van der Waals surface area contributed by atoms with Crippen LogP contribution in [0.5, 0.6) is 0 Å². The molecule has 0 bridgehead atoms. The number of nitrogens with one attached hydrogen (secondary N) is 4. The number of carbonyl (C=O) groups is 4. The van der Waals surface area contributed by atoms with Gasteiger partial charge in [-0.1, -0.05) is 65.8 Å². The maximum absolute atomic E-state index is 13.6. The van der Waals surface area contributed by atoms with Crippen LogP contribution in [0.4, 0.5) is 62.3 Å². The quantitative estimate of drug-likeness (QED) is 0.0790. The highest BCUT2D eigenvalue weighted by molar-refractivity contribution is 5.89. The van der Waals surface area contributed by atoms with Gasteiger partial charge >= 0.3 is 48.7 Å². The third kappa shape index (κ3) is 17.3. The molecule has 0 spiro atoms.